The van der Waals surface area contributed by atoms with Crippen LogP contribution in [-0.2, 0) is 11.2 Å². The minimum absolute atomic E-state index is 0.298. The molecule has 0 radical (unpaired) electrons. The summed E-state index contributed by atoms with van der Waals surface area (Å²) in [5.74, 6) is 0.116. The van der Waals surface area contributed by atoms with E-state index < -0.39 is 11.9 Å². The summed E-state index contributed by atoms with van der Waals surface area (Å²) in [5.41, 5.74) is 1.90. The summed E-state index contributed by atoms with van der Waals surface area (Å²) in [6, 6.07) is 21.2. The average molecular weight is 497 g/mol. The molecule has 0 aromatic heterocycles. The number of hydrogen-bond acceptors (Lipinski definition) is 5. The van der Waals surface area contributed by atoms with Crippen LogP contribution in [0.15, 0.2) is 77.3 Å². The molecule has 166 valence electrons. The van der Waals surface area contributed by atoms with E-state index in [1.54, 1.807) is 42.5 Å². The Labute approximate surface area is 196 Å². The van der Waals surface area contributed by atoms with E-state index in [1.165, 1.54) is 0 Å². The zero-order valence-corrected chi connectivity index (χ0v) is 19.5. The SMILES string of the molecule is CCCCOc1ccc(C(=O)Oc2ccc(C(=O)OCCc3ccccc3)cc2)cc1Br. The number of halogens is 1. The van der Waals surface area contributed by atoms with Gasteiger partial charge >= 0.3 is 11.9 Å². The van der Waals surface area contributed by atoms with Crippen LogP contribution in [0.25, 0.3) is 0 Å². The molecule has 5 nitrogen and oxygen atoms in total. The summed E-state index contributed by atoms with van der Waals surface area (Å²) in [5, 5.41) is 0. The van der Waals surface area contributed by atoms with E-state index in [2.05, 4.69) is 22.9 Å². The molecule has 0 unspecified atom stereocenters. The van der Waals surface area contributed by atoms with Gasteiger partial charge in [0.25, 0.3) is 0 Å². The summed E-state index contributed by atoms with van der Waals surface area (Å²) in [4.78, 5) is 24.7. The Morgan fingerprint density at radius 1 is 0.844 bits per heavy atom. The standard InChI is InChI=1S/C26H25BrO5/c1-2-3-16-30-24-14-11-21(18-23(24)27)26(29)32-22-12-9-20(10-13-22)25(28)31-17-15-19-7-5-4-6-8-19/h4-14,18H,2-3,15-17H2,1H3. The molecule has 0 amide bonds. The molecule has 0 aliphatic heterocycles. The highest BCUT2D eigenvalue weighted by Crippen LogP contribution is 2.27. The second-order valence-electron chi connectivity index (χ2n) is 7.13. The van der Waals surface area contributed by atoms with Gasteiger partial charge in [0.1, 0.15) is 11.5 Å². The maximum atomic E-state index is 12.5. The van der Waals surface area contributed by atoms with Gasteiger partial charge in [-0.25, -0.2) is 9.59 Å². The monoisotopic (exact) mass is 496 g/mol. The van der Waals surface area contributed by atoms with E-state index in [0.29, 0.717) is 46.7 Å². The lowest BCUT2D eigenvalue weighted by Gasteiger charge is -2.10. The van der Waals surface area contributed by atoms with Gasteiger partial charge in [-0.1, -0.05) is 43.7 Å². The number of hydrogen-bond donors (Lipinski definition) is 0. The molecule has 0 atom stereocenters. The van der Waals surface area contributed by atoms with Gasteiger partial charge < -0.3 is 14.2 Å². The summed E-state index contributed by atoms with van der Waals surface area (Å²) < 4.78 is 17.1. The Kier molecular flexibility index (Phi) is 8.87. The maximum Gasteiger partial charge on any atom is 0.343 e. The molecule has 0 spiro atoms. The van der Waals surface area contributed by atoms with Gasteiger partial charge in [-0.2, -0.15) is 0 Å². The van der Waals surface area contributed by atoms with Gasteiger partial charge in [0, 0.05) is 6.42 Å². The highest BCUT2D eigenvalue weighted by atomic mass is 79.9. The summed E-state index contributed by atoms with van der Waals surface area (Å²) in [6.07, 6.45) is 2.67. The zero-order valence-electron chi connectivity index (χ0n) is 17.9. The number of benzene rings is 3. The predicted molar refractivity (Wildman–Crippen MR) is 126 cm³/mol. The van der Waals surface area contributed by atoms with E-state index in [-0.39, 0.29) is 0 Å². The second kappa shape index (κ2) is 12.1. The number of ether oxygens (including phenoxy) is 3. The van der Waals surface area contributed by atoms with Crippen LogP contribution in [0, 0.1) is 0 Å². The topological polar surface area (TPSA) is 61.8 Å². The van der Waals surface area contributed by atoms with Crippen LogP contribution in [0.2, 0.25) is 0 Å². The Morgan fingerprint density at radius 2 is 1.56 bits per heavy atom. The molecular formula is C26H25BrO5. The first-order valence-electron chi connectivity index (χ1n) is 10.5. The molecule has 0 saturated heterocycles. The average Bonchev–Trinajstić information content (AvgIpc) is 2.81. The van der Waals surface area contributed by atoms with E-state index in [9.17, 15) is 9.59 Å². The van der Waals surface area contributed by atoms with Gasteiger partial charge in [0.05, 0.1) is 28.8 Å². The molecule has 0 bridgehead atoms. The highest BCUT2D eigenvalue weighted by molar-refractivity contribution is 9.10. The molecule has 0 saturated carbocycles. The first-order valence-corrected chi connectivity index (χ1v) is 11.3. The fraction of sp³-hybridized carbons (Fsp3) is 0.231. The van der Waals surface area contributed by atoms with Crippen molar-refractivity contribution < 1.29 is 23.8 Å². The molecule has 0 aliphatic carbocycles. The fourth-order valence-electron chi connectivity index (χ4n) is 2.89. The van der Waals surface area contributed by atoms with Crippen LogP contribution in [0.1, 0.15) is 46.0 Å². The lowest BCUT2D eigenvalue weighted by molar-refractivity contribution is 0.0509. The summed E-state index contributed by atoms with van der Waals surface area (Å²) >= 11 is 3.43. The van der Waals surface area contributed by atoms with Gasteiger partial charge in [-0.05, 0) is 70.4 Å². The Morgan fingerprint density at radius 3 is 2.25 bits per heavy atom. The van der Waals surface area contributed by atoms with Gasteiger partial charge in [0.15, 0.2) is 0 Å². The Bertz CT molecular complexity index is 1030. The number of esters is 2. The van der Waals surface area contributed by atoms with Crippen molar-refractivity contribution in [3.05, 3.63) is 94.0 Å². The molecule has 6 heteroatoms. The lowest BCUT2D eigenvalue weighted by Crippen LogP contribution is -2.10. The Hall–Kier alpha value is -3.12. The summed E-state index contributed by atoms with van der Waals surface area (Å²) in [6.45, 7) is 3.02. The molecular weight excluding hydrogens is 472 g/mol. The van der Waals surface area contributed by atoms with E-state index in [1.807, 2.05) is 30.3 Å². The minimum Gasteiger partial charge on any atom is -0.492 e. The molecule has 0 N–H and O–H groups in total. The van der Waals surface area contributed by atoms with E-state index in [0.717, 1.165) is 18.4 Å². The third-order valence-electron chi connectivity index (χ3n) is 4.69. The van der Waals surface area contributed by atoms with Crippen molar-refractivity contribution in [2.45, 2.75) is 26.2 Å². The van der Waals surface area contributed by atoms with Crippen LogP contribution in [0.4, 0.5) is 0 Å². The third-order valence-corrected chi connectivity index (χ3v) is 5.31. The molecule has 3 aromatic carbocycles. The first kappa shape index (κ1) is 23.5. The molecule has 3 aromatic rings. The minimum atomic E-state index is -0.496. The maximum absolute atomic E-state index is 12.5. The van der Waals surface area contributed by atoms with Crippen molar-refractivity contribution >= 4 is 27.9 Å². The predicted octanol–water partition coefficient (Wildman–Crippen LogP) is 6.25. The van der Waals surface area contributed by atoms with Crippen molar-refractivity contribution in [2.24, 2.45) is 0 Å². The van der Waals surface area contributed by atoms with Crippen molar-refractivity contribution in [3.63, 3.8) is 0 Å². The molecule has 32 heavy (non-hydrogen) atoms. The molecule has 0 fully saturated rings. The van der Waals surface area contributed by atoms with Crippen molar-refractivity contribution in [1.29, 1.82) is 0 Å². The van der Waals surface area contributed by atoms with Crippen molar-refractivity contribution in [3.8, 4) is 11.5 Å². The number of carbonyl (C=O) groups excluding carboxylic acids is 2. The van der Waals surface area contributed by atoms with Crippen LogP contribution < -0.4 is 9.47 Å². The van der Waals surface area contributed by atoms with Gasteiger partial charge in [0.2, 0.25) is 0 Å². The number of rotatable bonds is 10. The quantitative estimate of drug-likeness (QED) is 0.188. The van der Waals surface area contributed by atoms with Crippen LogP contribution >= 0.6 is 15.9 Å². The Balaban J connectivity index is 1.51. The molecule has 3 rings (SSSR count). The van der Waals surface area contributed by atoms with Crippen molar-refractivity contribution in [2.75, 3.05) is 13.2 Å². The zero-order chi connectivity index (χ0) is 22.8. The molecule has 0 heterocycles. The largest absolute Gasteiger partial charge is 0.492 e. The highest BCUT2D eigenvalue weighted by Gasteiger charge is 2.13. The second-order valence-corrected chi connectivity index (χ2v) is 7.99. The third kappa shape index (κ3) is 6.95. The van der Waals surface area contributed by atoms with Gasteiger partial charge in [-0.15, -0.1) is 0 Å². The van der Waals surface area contributed by atoms with Gasteiger partial charge in [-0.3, -0.25) is 0 Å². The normalized spacial score (nSPS) is 10.4. The summed E-state index contributed by atoms with van der Waals surface area (Å²) in [7, 11) is 0. The van der Waals surface area contributed by atoms with Crippen LogP contribution in [-0.4, -0.2) is 25.2 Å². The lowest BCUT2D eigenvalue weighted by atomic mass is 10.2. The van der Waals surface area contributed by atoms with E-state index >= 15 is 0 Å². The first-order chi connectivity index (χ1) is 15.6. The molecule has 0 aliphatic rings. The number of carbonyl (C=O) groups is 2. The smallest absolute Gasteiger partial charge is 0.343 e. The van der Waals surface area contributed by atoms with Crippen molar-refractivity contribution in [1.82, 2.24) is 0 Å². The van der Waals surface area contributed by atoms with E-state index in [4.69, 9.17) is 14.2 Å². The number of unbranched alkanes of at least 4 members (excludes halogenated alkanes) is 1. The van der Waals surface area contributed by atoms with Crippen LogP contribution in [0.3, 0.4) is 0 Å². The van der Waals surface area contributed by atoms with Crippen LogP contribution in [0.5, 0.6) is 11.5 Å². The fourth-order valence-corrected chi connectivity index (χ4v) is 3.38.